The van der Waals surface area contributed by atoms with Crippen LogP contribution in [-0.2, 0) is 14.9 Å². The zero-order valence-corrected chi connectivity index (χ0v) is 26.2. The van der Waals surface area contributed by atoms with E-state index in [2.05, 4.69) is 19.2 Å². The summed E-state index contributed by atoms with van der Waals surface area (Å²) in [6, 6.07) is -1.14. The van der Waals surface area contributed by atoms with Gasteiger partial charge in [0.25, 0.3) is 10.1 Å². The lowest BCUT2D eigenvalue weighted by Crippen LogP contribution is -2.50. The van der Waals surface area contributed by atoms with Crippen molar-refractivity contribution >= 4 is 16.0 Å². The molecule has 0 rings (SSSR count). The molecule has 0 bridgehead atoms. The molecule has 0 aliphatic heterocycles. The fourth-order valence-electron chi connectivity index (χ4n) is 5.11. The molecular formula is C31H63NO6S. The molecule has 0 aliphatic carbocycles. The molecule has 39 heavy (non-hydrogen) atoms. The van der Waals surface area contributed by atoms with Crippen LogP contribution in [0.4, 0.5) is 0 Å². The van der Waals surface area contributed by atoms with Gasteiger partial charge < -0.3 is 15.5 Å². The summed E-state index contributed by atoms with van der Waals surface area (Å²) in [5, 5.41) is 23.3. The Kier molecular flexibility index (Phi) is 25.7. The molecule has 0 radical (unpaired) electrons. The van der Waals surface area contributed by atoms with Crippen LogP contribution in [0.5, 0.6) is 0 Å². The third kappa shape index (κ3) is 26.0. The van der Waals surface area contributed by atoms with E-state index in [-0.39, 0.29) is 0 Å². The summed E-state index contributed by atoms with van der Waals surface area (Å²) in [4.78, 5) is 12.5. The number of amides is 1. The van der Waals surface area contributed by atoms with Crippen LogP contribution in [0.15, 0.2) is 0 Å². The van der Waals surface area contributed by atoms with Crippen LogP contribution in [-0.4, -0.2) is 53.1 Å². The summed E-state index contributed by atoms with van der Waals surface area (Å²) in [5.74, 6) is -1.45. The highest BCUT2D eigenvalue weighted by atomic mass is 32.2. The van der Waals surface area contributed by atoms with Crippen molar-refractivity contribution in [3.63, 3.8) is 0 Å². The average molecular weight is 578 g/mol. The van der Waals surface area contributed by atoms with Gasteiger partial charge in [-0.3, -0.25) is 9.35 Å². The summed E-state index contributed by atoms with van der Waals surface area (Å²) in [7, 11) is -4.39. The van der Waals surface area contributed by atoms with Crippen molar-refractivity contribution in [3.05, 3.63) is 0 Å². The van der Waals surface area contributed by atoms with Crippen molar-refractivity contribution in [1.29, 1.82) is 0 Å². The molecule has 0 heterocycles. The van der Waals surface area contributed by atoms with Crippen LogP contribution < -0.4 is 5.32 Å². The Morgan fingerprint density at radius 1 is 0.590 bits per heavy atom. The molecule has 1 amide bonds. The van der Waals surface area contributed by atoms with Gasteiger partial charge in [0, 0.05) is 0 Å². The Hall–Kier alpha value is -0.700. The summed E-state index contributed by atoms with van der Waals surface area (Å²) < 4.78 is 32.2. The lowest BCUT2D eigenvalue weighted by atomic mass is 10.0. The molecule has 0 aromatic rings. The zero-order valence-electron chi connectivity index (χ0n) is 25.4. The lowest BCUT2D eigenvalue weighted by molar-refractivity contribution is -0.131. The van der Waals surface area contributed by atoms with Crippen LogP contribution in [0.3, 0.4) is 0 Å². The smallest absolute Gasteiger partial charge is 0.266 e. The van der Waals surface area contributed by atoms with Crippen molar-refractivity contribution in [2.24, 2.45) is 0 Å². The molecule has 4 N–H and O–H groups in total. The third-order valence-corrected chi connectivity index (χ3v) is 8.45. The Balaban J connectivity index is 4.09. The maximum absolute atomic E-state index is 12.5. The van der Waals surface area contributed by atoms with Crippen LogP contribution >= 0.6 is 0 Å². The summed E-state index contributed by atoms with van der Waals surface area (Å²) >= 11 is 0. The molecule has 8 heteroatoms. The first-order valence-corrected chi connectivity index (χ1v) is 17.9. The monoisotopic (exact) mass is 577 g/mol. The van der Waals surface area contributed by atoms with E-state index in [1.807, 2.05) is 0 Å². The number of aliphatic hydroxyl groups is 2. The standard InChI is InChI=1S/C31H63NO6S/c1-3-5-7-9-11-13-14-15-16-18-20-22-24-26-30(34)31(35)32-28(27-39(36,37)38)29(33)25-23-21-19-17-12-10-8-6-4-2/h28-30,33-34H,3-27H2,1-2H3,(H,32,35)(H,36,37,38). The molecular weight excluding hydrogens is 514 g/mol. The normalized spacial score (nSPS) is 14.3. The number of rotatable bonds is 29. The summed E-state index contributed by atoms with van der Waals surface area (Å²) in [5.41, 5.74) is 0. The van der Waals surface area contributed by atoms with Crippen LogP contribution in [0.25, 0.3) is 0 Å². The SMILES string of the molecule is CCCCCCCCCCCCCCCC(O)C(=O)NC(CS(=O)(=O)O)C(O)CCCCCCCCCCC. The van der Waals surface area contributed by atoms with Crippen molar-refractivity contribution in [2.75, 3.05) is 5.75 Å². The number of hydrogen-bond acceptors (Lipinski definition) is 5. The number of nitrogens with one attached hydrogen (secondary N) is 1. The highest BCUT2D eigenvalue weighted by molar-refractivity contribution is 7.85. The molecule has 3 atom stereocenters. The molecule has 0 aliphatic rings. The molecule has 0 saturated heterocycles. The predicted octanol–water partition coefficient (Wildman–Crippen LogP) is 7.48. The fourth-order valence-corrected chi connectivity index (χ4v) is 5.87. The second-order valence-corrected chi connectivity index (χ2v) is 13.1. The molecule has 0 spiro atoms. The van der Waals surface area contributed by atoms with Gasteiger partial charge in [-0.2, -0.15) is 8.42 Å². The van der Waals surface area contributed by atoms with E-state index in [0.717, 1.165) is 44.9 Å². The van der Waals surface area contributed by atoms with Gasteiger partial charge in [-0.25, -0.2) is 0 Å². The van der Waals surface area contributed by atoms with E-state index in [1.54, 1.807) is 0 Å². The number of carbonyl (C=O) groups is 1. The van der Waals surface area contributed by atoms with Crippen LogP contribution in [0.2, 0.25) is 0 Å². The maximum atomic E-state index is 12.5. The molecule has 3 unspecified atom stereocenters. The first-order valence-electron chi connectivity index (χ1n) is 16.3. The van der Waals surface area contributed by atoms with E-state index in [9.17, 15) is 28.0 Å². The van der Waals surface area contributed by atoms with Crippen molar-refractivity contribution in [3.8, 4) is 0 Å². The van der Waals surface area contributed by atoms with Gasteiger partial charge in [0.1, 0.15) is 6.10 Å². The van der Waals surface area contributed by atoms with Gasteiger partial charge in [0.15, 0.2) is 0 Å². The van der Waals surface area contributed by atoms with Crippen molar-refractivity contribution < 1.29 is 28.0 Å². The predicted molar refractivity (Wildman–Crippen MR) is 163 cm³/mol. The van der Waals surface area contributed by atoms with Gasteiger partial charge in [0.05, 0.1) is 17.9 Å². The first kappa shape index (κ1) is 38.3. The number of hydrogen-bond donors (Lipinski definition) is 4. The van der Waals surface area contributed by atoms with Gasteiger partial charge in [-0.15, -0.1) is 0 Å². The Morgan fingerprint density at radius 3 is 1.28 bits per heavy atom. The molecule has 0 saturated carbocycles. The van der Waals surface area contributed by atoms with Gasteiger partial charge in [-0.05, 0) is 12.8 Å². The molecule has 234 valence electrons. The van der Waals surface area contributed by atoms with Crippen LogP contribution in [0.1, 0.15) is 168 Å². The minimum absolute atomic E-state index is 0.302. The molecule has 0 aromatic carbocycles. The fraction of sp³-hybridized carbons (Fsp3) is 0.968. The van der Waals surface area contributed by atoms with Gasteiger partial charge >= 0.3 is 0 Å². The van der Waals surface area contributed by atoms with E-state index in [4.69, 9.17) is 0 Å². The first-order chi connectivity index (χ1) is 18.7. The van der Waals surface area contributed by atoms with Crippen molar-refractivity contribution in [2.45, 2.75) is 186 Å². The zero-order chi connectivity index (χ0) is 29.2. The number of aliphatic hydroxyl groups excluding tert-OH is 2. The highest BCUT2D eigenvalue weighted by Crippen LogP contribution is 2.15. The Morgan fingerprint density at radius 2 is 0.923 bits per heavy atom. The lowest BCUT2D eigenvalue weighted by Gasteiger charge is -2.24. The molecule has 7 nitrogen and oxygen atoms in total. The van der Waals surface area contributed by atoms with Crippen molar-refractivity contribution in [1.82, 2.24) is 5.32 Å². The Bertz CT molecular complexity index is 657. The van der Waals surface area contributed by atoms with E-state index >= 15 is 0 Å². The Labute approximate surface area is 241 Å². The third-order valence-electron chi connectivity index (χ3n) is 7.67. The summed E-state index contributed by atoms with van der Waals surface area (Å²) in [6.45, 7) is 4.44. The van der Waals surface area contributed by atoms with Crippen LogP contribution in [0, 0.1) is 0 Å². The average Bonchev–Trinajstić information content (AvgIpc) is 2.88. The van der Waals surface area contributed by atoms with E-state index in [0.29, 0.717) is 12.8 Å². The molecule has 0 aromatic heterocycles. The largest absolute Gasteiger partial charge is 0.391 e. The minimum atomic E-state index is -4.39. The number of carbonyl (C=O) groups excluding carboxylic acids is 1. The van der Waals surface area contributed by atoms with E-state index in [1.165, 1.54) is 96.3 Å². The van der Waals surface area contributed by atoms with Gasteiger partial charge in [0.2, 0.25) is 5.91 Å². The second-order valence-electron chi connectivity index (χ2n) is 11.6. The maximum Gasteiger partial charge on any atom is 0.266 e. The van der Waals surface area contributed by atoms with E-state index < -0.39 is 40.0 Å². The summed E-state index contributed by atoms with van der Waals surface area (Å²) in [6.07, 6.45) is 24.2. The topological polar surface area (TPSA) is 124 Å². The minimum Gasteiger partial charge on any atom is -0.391 e. The quantitative estimate of drug-likeness (QED) is 0.0539. The van der Waals surface area contributed by atoms with Gasteiger partial charge in [-0.1, -0.05) is 155 Å². The number of unbranched alkanes of at least 4 members (excludes halogenated alkanes) is 20. The highest BCUT2D eigenvalue weighted by Gasteiger charge is 2.28. The molecule has 0 fully saturated rings. The second kappa shape index (κ2) is 26.2.